The first-order valence-electron chi connectivity index (χ1n) is 7.16. The van der Waals surface area contributed by atoms with Gasteiger partial charge in [-0.1, -0.05) is 18.5 Å². The van der Waals surface area contributed by atoms with E-state index >= 15 is 0 Å². The third kappa shape index (κ3) is 3.64. The lowest BCUT2D eigenvalue weighted by Gasteiger charge is -2.34. The Hall–Kier alpha value is -1.26. The Kier molecular flexibility index (Phi) is 5.26. The summed E-state index contributed by atoms with van der Waals surface area (Å²) in [7, 11) is 0. The fourth-order valence-corrected chi connectivity index (χ4v) is 2.87. The van der Waals surface area contributed by atoms with Crippen LogP contribution in [0.2, 0.25) is 5.02 Å². The molecule has 1 aromatic carbocycles. The molecule has 0 saturated carbocycles. The average Bonchev–Trinajstić information content (AvgIpc) is 2.45. The van der Waals surface area contributed by atoms with Gasteiger partial charge in [-0.05, 0) is 50.0 Å². The van der Waals surface area contributed by atoms with Crippen molar-refractivity contribution in [1.29, 1.82) is 0 Å². The second kappa shape index (κ2) is 6.95. The van der Waals surface area contributed by atoms with E-state index in [1.807, 2.05) is 6.07 Å². The fourth-order valence-electron chi connectivity index (χ4n) is 2.70. The van der Waals surface area contributed by atoms with E-state index in [4.69, 9.17) is 17.3 Å². The Balaban J connectivity index is 2.06. The summed E-state index contributed by atoms with van der Waals surface area (Å²) >= 11 is 6.05. The van der Waals surface area contributed by atoms with Crippen molar-refractivity contribution in [2.24, 2.45) is 11.7 Å². The highest BCUT2D eigenvalue weighted by Crippen LogP contribution is 2.28. The zero-order valence-electron chi connectivity index (χ0n) is 11.9. The number of nitrogens with one attached hydrogen (secondary N) is 1. The Bertz CT molecular complexity index is 470. The van der Waals surface area contributed by atoms with Crippen molar-refractivity contribution in [1.82, 2.24) is 5.32 Å². The molecule has 0 atom stereocenters. The van der Waals surface area contributed by atoms with Gasteiger partial charge in [0.2, 0.25) is 0 Å². The van der Waals surface area contributed by atoms with E-state index in [1.165, 1.54) is 0 Å². The molecule has 5 heteroatoms. The second-order valence-corrected chi connectivity index (χ2v) is 5.70. The van der Waals surface area contributed by atoms with E-state index in [-0.39, 0.29) is 0 Å². The van der Waals surface area contributed by atoms with Gasteiger partial charge < -0.3 is 16.0 Å². The van der Waals surface area contributed by atoms with Crippen LogP contribution in [0.5, 0.6) is 0 Å². The van der Waals surface area contributed by atoms with E-state index in [0.29, 0.717) is 16.5 Å². The van der Waals surface area contributed by atoms with Crippen LogP contribution in [0.25, 0.3) is 0 Å². The molecule has 0 spiro atoms. The number of carbonyl (C=O) groups excluding carboxylic acids is 1. The molecule has 1 aliphatic heterocycles. The van der Waals surface area contributed by atoms with Crippen LogP contribution in [0.4, 0.5) is 5.69 Å². The third-order valence-electron chi connectivity index (χ3n) is 3.86. The number of hydrogen-bond donors (Lipinski definition) is 2. The number of primary amides is 1. The summed E-state index contributed by atoms with van der Waals surface area (Å²) in [6.07, 6.45) is 2.25. The van der Waals surface area contributed by atoms with Crippen molar-refractivity contribution in [3.63, 3.8) is 0 Å². The van der Waals surface area contributed by atoms with E-state index in [0.717, 1.165) is 44.7 Å². The number of carbonyl (C=O) groups is 1. The van der Waals surface area contributed by atoms with Crippen molar-refractivity contribution in [3.8, 4) is 0 Å². The van der Waals surface area contributed by atoms with Crippen LogP contribution in [0.3, 0.4) is 0 Å². The number of benzene rings is 1. The van der Waals surface area contributed by atoms with E-state index < -0.39 is 5.91 Å². The first kappa shape index (κ1) is 15.1. The molecule has 0 aliphatic carbocycles. The number of rotatable bonds is 5. The van der Waals surface area contributed by atoms with Gasteiger partial charge >= 0.3 is 0 Å². The molecule has 1 fully saturated rings. The normalized spacial score (nSPS) is 16.4. The number of anilines is 1. The first-order valence-corrected chi connectivity index (χ1v) is 7.54. The van der Waals surface area contributed by atoms with Gasteiger partial charge in [-0.25, -0.2) is 0 Å². The van der Waals surface area contributed by atoms with Crippen molar-refractivity contribution in [3.05, 3.63) is 28.8 Å². The van der Waals surface area contributed by atoms with Gasteiger partial charge in [-0.3, -0.25) is 4.79 Å². The zero-order valence-corrected chi connectivity index (χ0v) is 12.6. The maximum atomic E-state index is 11.5. The lowest BCUT2D eigenvalue weighted by Crippen LogP contribution is -2.38. The van der Waals surface area contributed by atoms with Crippen LogP contribution >= 0.6 is 11.6 Å². The van der Waals surface area contributed by atoms with E-state index in [1.54, 1.807) is 12.1 Å². The predicted molar refractivity (Wildman–Crippen MR) is 83.5 cm³/mol. The Morgan fingerprint density at radius 2 is 2.15 bits per heavy atom. The summed E-state index contributed by atoms with van der Waals surface area (Å²) in [6, 6.07) is 5.26. The molecule has 2 rings (SSSR count). The van der Waals surface area contributed by atoms with Gasteiger partial charge in [0.25, 0.3) is 5.91 Å². The summed E-state index contributed by atoms with van der Waals surface area (Å²) in [5.41, 5.74) is 6.87. The molecule has 0 bridgehead atoms. The molecule has 4 nitrogen and oxygen atoms in total. The molecule has 1 amide bonds. The van der Waals surface area contributed by atoms with Gasteiger partial charge in [-0.15, -0.1) is 0 Å². The van der Waals surface area contributed by atoms with Gasteiger partial charge in [0.15, 0.2) is 0 Å². The van der Waals surface area contributed by atoms with Crippen LogP contribution < -0.4 is 16.0 Å². The zero-order chi connectivity index (χ0) is 14.5. The summed E-state index contributed by atoms with van der Waals surface area (Å²) < 4.78 is 0. The second-order valence-electron chi connectivity index (χ2n) is 5.26. The summed E-state index contributed by atoms with van der Waals surface area (Å²) in [5, 5.41) is 4.04. The summed E-state index contributed by atoms with van der Waals surface area (Å²) in [5.74, 6) is 0.314. The minimum absolute atomic E-state index is 0.397. The molecule has 110 valence electrons. The Morgan fingerprint density at radius 3 is 2.75 bits per heavy atom. The molecule has 1 heterocycles. The van der Waals surface area contributed by atoms with Crippen LogP contribution in [-0.4, -0.2) is 32.1 Å². The molecular weight excluding hydrogens is 274 g/mol. The number of hydrogen-bond acceptors (Lipinski definition) is 3. The Morgan fingerprint density at radius 1 is 1.45 bits per heavy atom. The maximum absolute atomic E-state index is 11.5. The van der Waals surface area contributed by atoms with Gasteiger partial charge in [0, 0.05) is 18.1 Å². The average molecular weight is 296 g/mol. The van der Waals surface area contributed by atoms with Crippen LogP contribution in [0.1, 0.15) is 30.1 Å². The van der Waals surface area contributed by atoms with Crippen LogP contribution in [0, 0.1) is 5.92 Å². The minimum atomic E-state index is -0.397. The Labute approximate surface area is 125 Å². The van der Waals surface area contributed by atoms with E-state index in [9.17, 15) is 4.79 Å². The SMILES string of the molecule is CCNCC1CCN(c2cc(Cl)ccc2C(N)=O)CC1. The largest absolute Gasteiger partial charge is 0.371 e. The molecule has 3 N–H and O–H groups in total. The lowest BCUT2D eigenvalue weighted by atomic mass is 9.95. The van der Waals surface area contributed by atoms with Gasteiger partial charge in [-0.2, -0.15) is 0 Å². The summed E-state index contributed by atoms with van der Waals surface area (Å²) in [6.45, 7) is 6.09. The molecule has 0 unspecified atom stereocenters. The standard InChI is InChI=1S/C15H22ClN3O/c1-2-18-10-11-5-7-19(8-6-11)14-9-12(16)3-4-13(14)15(17)20/h3-4,9,11,18H,2,5-8,10H2,1H3,(H2,17,20). The van der Waals surface area contributed by atoms with Crippen LogP contribution in [-0.2, 0) is 0 Å². The predicted octanol–water partition coefficient (Wildman–Crippen LogP) is 2.26. The molecule has 1 aromatic rings. The smallest absolute Gasteiger partial charge is 0.250 e. The highest BCUT2D eigenvalue weighted by Gasteiger charge is 2.22. The van der Waals surface area contributed by atoms with Crippen molar-refractivity contribution in [2.75, 3.05) is 31.1 Å². The number of nitrogens with two attached hydrogens (primary N) is 1. The number of halogens is 1. The number of amides is 1. The molecular formula is C15H22ClN3O. The fraction of sp³-hybridized carbons (Fsp3) is 0.533. The van der Waals surface area contributed by atoms with Crippen molar-refractivity contribution < 1.29 is 4.79 Å². The van der Waals surface area contributed by atoms with Crippen molar-refractivity contribution in [2.45, 2.75) is 19.8 Å². The highest BCUT2D eigenvalue weighted by molar-refractivity contribution is 6.31. The quantitative estimate of drug-likeness (QED) is 0.876. The van der Waals surface area contributed by atoms with Crippen LogP contribution in [0.15, 0.2) is 18.2 Å². The topological polar surface area (TPSA) is 58.4 Å². The third-order valence-corrected chi connectivity index (χ3v) is 4.10. The first-order chi connectivity index (χ1) is 9.61. The number of nitrogens with zero attached hydrogens (tertiary/aromatic N) is 1. The van der Waals surface area contributed by atoms with Gasteiger partial charge in [0.1, 0.15) is 0 Å². The number of piperidine rings is 1. The monoisotopic (exact) mass is 295 g/mol. The molecule has 1 aliphatic rings. The van der Waals surface area contributed by atoms with Gasteiger partial charge in [0.05, 0.1) is 11.3 Å². The van der Waals surface area contributed by atoms with E-state index in [2.05, 4.69) is 17.1 Å². The summed E-state index contributed by atoms with van der Waals surface area (Å²) in [4.78, 5) is 13.7. The van der Waals surface area contributed by atoms with Crippen molar-refractivity contribution >= 4 is 23.2 Å². The molecule has 0 aromatic heterocycles. The molecule has 0 radical (unpaired) electrons. The maximum Gasteiger partial charge on any atom is 0.250 e. The lowest BCUT2D eigenvalue weighted by molar-refractivity contribution is 0.100. The minimum Gasteiger partial charge on any atom is -0.371 e. The molecule has 1 saturated heterocycles. The highest BCUT2D eigenvalue weighted by atomic mass is 35.5. The molecule has 20 heavy (non-hydrogen) atoms.